The molecule has 0 saturated heterocycles. The average molecular weight is 245 g/mol. The highest BCUT2D eigenvalue weighted by molar-refractivity contribution is 5.80. The molecular weight excluding hydrogens is 222 g/mol. The molecule has 0 aliphatic heterocycles. The maximum Gasteiger partial charge on any atom is 0.137 e. The van der Waals surface area contributed by atoms with Crippen molar-refractivity contribution in [1.29, 1.82) is 0 Å². The molecule has 0 bridgehead atoms. The first-order chi connectivity index (χ1) is 8.70. The standard InChI is InChI=1S/C16H23NO/c1-4-8-17-11-12(2)9-15-10-14-7-5-6-13(3)16(14)18-15/h5-7,10,12,17H,4,8-9,11H2,1-3H3. The number of aryl methyl sites for hydroxylation is 1. The van der Waals surface area contributed by atoms with Crippen LogP contribution < -0.4 is 5.32 Å². The summed E-state index contributed by atoms with van der Waals surface area (Å²) in [4.78, 5) is 0. The Morgan fingerprint density at radius 2 is 2.17 bits per heavy atom. The van der Waals surface area contributed by atoms with Gasteiger partial charge in [0.05, 0.1) is 0 Å². The molecule has 1 aromatic heterocycles. The molecule has 1 N–H and O–H groups in total. The number of para-hydroxylation sites is 1. The molecule has 1 atom stereocenters. The molecule has 0 aliphatic rings. The normalized spacial score (nSPS) is 13.1. The van der Waals surface area contributed by atoms with Crippen molar-refractivity contribution in [1.82, 2.24) is 5.32 Å². The summed E-state index contributed by atoms with van der Waals surface area (Å²) in [6.07, 6.45) is 2.20. The zero-order valence-corrected chi connectivity index (χ0v) is 11.6. The number of rotatable bonds is 6. The summed E-state index contributed by atoms with van der Waals surface area (Å²) in [5, 5.41) is 4.68. The lowest BCUT2D eigenvalue weighted by molar-refractivity contribution is 0.453. The Morgan fingerprint density at radius 1 is 1.33 bits per heavy atom. The first-order valence-corrected chi connectivity index (χ1v) is 6.89. The van der Waals surface area contributed by atoms with E-state index >= 15 is 0 Å². The van der Waals surface area contributed by atoms with E-state index in [-0.39, 0.29) is 0 Å². The van der Waals surface area contributed by atoms with Gasteiger partial charge >= 0.3 is 0 Å². The van der Waals surface area contributed by atoms with E-state index < -0.39 is 0 Å². The summed E-state index contributed by atoms with van der Waals surface area (Å²) in [5.41, 5.74) is 2.26. The third-order valence-corrected chi connectivity index (χ3v) is 3.26. The molecule has 98 valence electrons. The lowest BCUT2D eigenvalue weighted by atomic mass is 10.1. The topological polar surface area (TPSA) is 25.2 Å². The lowest BCUT2D eigenvalue weighted by Gasteiger charge is -2.10. The molecular formula is C16H23NO. The van der Waals surface area contributed by atoms with Crippen molar-refractivity contribution in [2.24, 2.45) is 5.92 Å². The van der Waals surface area contributed by atoms with E-state index in [9.17, 15) is 0 Å². The second kappa shape index (κ2) is 6.05. The molecule has 0 spiro atoms. The van der Waals surface area contributed by atoms with Crippen molar-refractivity contribution in [2.45, 2.75) is 33.6 Å². The molecule has 1 heterocycles. The maximum absolute atomic E-state index is 5.95. The van der Waals surface area contributed by atoms with E-state index in [1.807, 2.05) is 0 Å². The molecule has 0 amide bonds. The van der Waals surface area contributed by atoms with Crippen molar-refractivity contribution in [3.05, 3.63) is 35.6 Å². The van der Waals surface area contributed by atoms with Crippen LogP contribution in [0.5, 0.6) is 0 Å². The molecule has 0 aliphatic carbocycles. The Hall–Kier alpha value is -1.28. The quantitative estimate of drug-likeness (QED) is 0.780. The molecule has 1 unspecified atom stereocenters. The third-order valence-electron chi connectivity index (χ3n) is 3.26. The van der Waals surface area contributed by atoms with Crippen molar-refractivity contribution in [3.8, 4) is 0 Å². The largest absolute Gasteiger partial charge is 0.461 e. The predicted molar refractivity (Wildman–Crippen MR) is 77.0 cm³/mol. The van der Waals surface area contributed by atoms with Gasteiger partial charge in [0.2, 0.25) is 0 Å². The number of hydrogen-bond donors (Lipinski definition) is 1. The van der Waals surface area contributed by atoms with Crippen molar-refractivity contribution in [3.63, 3.8) is 0 Å². The fourth-order valence-corrected chi connectivity index (χ4v) is 2.30. The maximum atomic E-state index is 5.95. The SMILES string of the molecule is CCCNCC(C)Cc1cc2cccc(C)c2o1. The molecule has 1 aromatic carbocycles. The van der Waals surface area contributed by atoms with Crippen LogP contribution >= 0.6 is 0 Å². The summed E-state index contributed by atoms with van der Waals surface area (Å²) in [5.74, 6) is 1.71. The minimum absolute atomic E-state index is 0.609. The van der Waals surface area contributed by atoms with Gasteiger partial charge in [0, 0.05) is 11.8 Å². The van der Waals surface area contributed by atoms with Crippen LogP contribution in [0.1, 0.15) is 31.6 Å². The highest BCUT2D eigenvalue weighted by Gasteiger charge is 2.09. The number of hydrogen-bond acceptors (Lipinski definition) is 2. The highest BCUT2D eigenvalue weighted by Crippen LogP contribution is 2.24. The van der Waals surface area contributed by atoms with Crippen molar-refractivity contribution >= 4 is 11.0 Å². The second-order valence-corrected chi connectivity index (χ2v) is 5.22. The van der Waals surface area contributed by atoms with E-state index in [1.165, 1.54) is 17.4 Å². The van der Waals surface area contributed by atoms with Gasteiger partial charge in [-0.15, -0.1) is 0 Å². The van der Waals surface area contributed by atoms with Crippen LogP contribution in [0.3, 0.4) is 0 Å². The van der Waals surface area contributed by atoms with Crippen LogP contribution in [0.25, 0.3) is 11.0 Å². The van der Waals surface area contributed by atoms with Gasteiger partial charge in [-0.25, -0.2) is 0 Å². The summed E-state index contributed by atoms with van der Waals surface area (Å²) < 4.78 is 5.95. The lowest BCUT2D eigenvalue weighted by Crippen LogP contribution is -2.22. The van der Waals surface area contributed by atoms with Crippen LogP contribution in [0, 0.1) is 12.8 Å². The van der Waals surface area contributed by atoms with Crippen molar-refractivity contribution in [2.75, 3.05) is 13.1 Å². The molecule has 2 rings (SSSR count). The van der Waals surface area contributed by atoms with Crippen LogP contribution in [0.15, 0.2) is 28.7 Å². The molecule has 0 radical (unpaired) electrons. The second-order valence-electron chi connectivity index (χ2n) is 5.22. The molecule has 2 heteroatoms. The molecule has 0 fully saturated rings. The number of furan rings is 1. The average Bonchev–Trinajstić information content (AvgIpc) is 2.73. The van der Waals surface area contributed by atoms with Gasteiger partial charge in [-0.05, 0) is 44.0 Å². The van der Waals surface area contributed by atoms with Crippen LogP contribution in [0.4, 0.5) is 0 Å². The Morgan fingerprint density at radius 3 is 2.89 bits per heavy atom. The Labute approximate surface area is 109 Å². The summed E-state index contributed by atoms with van der Waals surface area (Å²) in [6.45, 7) is 8.72. The van der Waals surface area contributed by atoms with E-state index in [0.29, 0.717) is 5.92 Å². The highest BCUT2D eigenvalue weighted by atomic mass is 16.3. The fraction of sp³-hybridized carbons (Fsp3) is 0.500. The summed E-state index contributed by atoms with van der Waals surface area (Å²) in [6, 6.07) is 8.49. The molecule has 18 heavy (non-hydrogen) atoms. The van der Waals surface area contributed by atoms with Gasteiger partial charge < -0.3 is 9.73 Å². The summed E-state index contributed by atoms with van der Waals surface area (Å²) in [7, 11) is 0. The van der Waals surface area contributed by atoms with Gasteiger partial charge in [0.1, 0.15) is 11.3 Å². The van der Waals surface area contributed by atoms with Crippen molar-refractivity contribution < 1.29 is 4.42 Å². The van der Waals surface area contributed by atoms with Gasteiger partial charge in [-0.2, -0.15) is 0 Å². The third kappa shape index (κ3) is 3.14. The number of nitrogens with one attached hydrogen (secondary N) is 1. The molecule has 2 aromatic rings. The monoisotopic (exact) mass is 245 g/mol. The Balaban J connectivity index is 2.01. The fourth-order valence-electron chi connectivity index (χ4n) is 2.30. The Bertz CT molecular complexity index is 501. The minimum atomic E-state index is 0.609. The van der Waals surface area contributed by atoms with E-state index in [4.69, 9.17) is 4.42 Å². The molecule has 2 nitrogen and oxygen atoms in total. The Kier molecular flexibility index (Phi) is 4.43. The van der Waals surface area contributed by atoms with Crippen LogP contribution in [-0.2, 0) is 6.42 Å². The first-order valence-electron chi connectivity index (χ1n) is 6.89. The first kappa shape index (κ1) is 13.2. The van der Waals surface area contributed by atoms with E-state index in [2.05, 4.69) is 50.4 Å². The molecule has 0 saturated carbocycles. The van der Waals surface area contributed by atoms with Gasteiger partial charge in [0.15, 0.2) is 0 Å². The van der Waals surface area contributed by atoms with Gasteiger partial charge in [-0.3, -0.25) is 0 Å². The van der Waals surface area contributed by atoms with Crippen LogP contribution in [-0.4, -0.2) is 13.1 Å². The minimum Gasteiger partial charge on any atom is -0.461 e. The zero-order chi connectivity index (χ0) is 13.0. The zero-order valence-electron chi connectivity index (χ0n) is 11.6. The van der Waals surface area contributed by atoms with Crippen LogP contribution in [0.2, 0.25) is 0 Å². The summed E-state index contributed by atoms with van der Waals surface area (Å²) >= 11 is 0. The van der Waals surface area contributed by atoms with Gasteiger partial charge in [-0.1, -0.05) is 32.0 Å². The smallest absolute Gasteiger partial charge is 0.137 e. The number of benzene rings is 1. The van der Waals surface area contributed by atoms with E-state index in [0.717, 1.165) is 30.9 Å². The number of fused-ring (bicyclic) bond motifs is 1. The predicted octanol–water partition coefficient (Wildman–Crippen LogP) is 3.92. The van der Waals surface area contributed by atoms with Gasteiger partial charge in [0.25, 0.3) is 0 Å². The van der Waals surface area contributed by atoms with E-state index in [1.54, 1.807) is 0 Å².